The van der Waals surface area contributed by atoms with Gasteiger partial charge in [0, 0.05) is 44.1 Å². The summed E-state index contributed by atoms with van der Waals surface area (Å²) >= 11 is 0. The van der Waals surface area contributed by atoms with Gasteiger partial charge in [0.05, 0.1) is 0 Å². The quantitative estimate of drug-likeness (QED) is 0.139. The van der Waals surface area contributed by atoms with Crippen molar-refractivity contribution >= 4 is 39.5 Å². The first kappa shape index (κ1) is 36.7. The number of nitrogens with zero attached hydrogens (tertiary/aromatic N) is 2. The molecule has 2 aliphatic heterocycles. The number of unbranched alkanes of at least 4 members (excludes halogenated alkanes) is 9. The molecule has 252 valence electrons. The highest BCUT2D eigenvalue weighted by molar-refractivity contribution is 7.92. The summed E-state index contributed by atoms with van der Waals surface area (Å²) in [6.45, 7) is 10.2. The topological polar surface area (TPSA) is 117 Å². The number of carbonyl (C=O) groups is 2. The van der Waals surface area contributed by atoms with Crippen LogP contribution in [0.15, 0.2) is 22.5 Å². The Morgan fingerprint density at radius 3 is 2.04 bits per heavy atom. The van der Waals surface area contributed by atoms with Gasteiger partial charge in [-0.25, -0.2) is 8.42 Å². The Labute approximate surface area is 271 Å². The van der Waals surface area contributed by atoms with Gasteiger partial charge in [-0.05, 0) is 95.2 Å². The molecule has 1 amide bonds. The third kappa shape index (κ3) is 11.5. The predicted octanol–water partition coefficient (Wildman–Crippen LogP) is 7.03. The van der Waals surface area contributed by atoms with Crippen LogP contribution in [0.3, 0.4) is 0 Å². The van der Waals surface area contributed by atoms with Gasteiger partial charge in [0.1, 0.15) is 17.0 Å². The van der Waals surface area contributed by atoms with Crippen molar-refractivity contribution in [3.8, 4) is 0 Å². The van der Waals surface area contributed by atoms with Crippen LogP contribution in [-0.2, 0) is 24.3 Å². The molecule has 1 fully saturated rings. The van der Waals surface area contributed by atoms with E-state index in [-0.39, 0.29) is 25.0 Å². The second kappa shape index (κ2) is 16.7. The van der Waals surface area contributed by atoms with Crippen LogP contribution in [0.1, 0.15) is 127 Å². The fraction of sp³-hybridized carbons (Fsp3) is 0.686. The zero-order chi connectivity index (χ0) is 33.1. The summed E-state index contributed by atoms with van der Waals surface area (Å²) in [5, 5.41) is 7.40. The number of esters is 1. The predicted molar refractivity (Wildman–Crippen MR) is 184 cm³/mol. The van der Waals surface area contributed by atoms with Crippen LogP contribution < -0.4 is 10.6 Å². The molecule has 0 atom stereocenters. The van der Waals surface area contributed by atoms with Crippen LogP contribution in [0.5, 0.6) is 0 Å². The van der Waals surface area contributed by atoms with E-state index < -0.39 is 21.2 Å². The van der Waals surface area contributed by atoms with Gasteiger partial charge in [0.15, 0.2) is 0 Å². The molecular weight excluding hydrogens is 588 g/mol. The number of sulfonamides is 1. The molecule has 0 radical (unpaired) electrons. The summed E-state index contributed by atoms with van der Waals surface area (Å²) in [5.41, 5.74) is 2.67. The maximum absolute atomic E-state index is 13.1. The number of anilines is 1. The lowest BCUT2D eigenvalue weighted by Gasteiger charge is -2.34. The number of rotatable bonds is 17. The Morgan fingerprint density at radius 2 is 1.51 bits per heavy atom. The number of aliphatic imine (C=N–C) groups is 1. The van der Waals surface area contributed by atoms with E-state index >= 15 is 0 Å². The molecule has 1 saturated heterocycles. The summed E-state index contributed by atoms with van der Waals surface area (Å²) in [4.78, 5) is 29.5. The van der Waals surface area contributed by atoms with Gasteiger partial charge in [0.2, 0.25) is 10.0 Å². The number of aryl methyl sites for hydroxylation is 2. The summed E-state index contributed by atoms with van der Waals surface area (Å²) in [5.74, 6) is 0.559. The van der Waals surface area contributed by atoms with Gasteiger partial charge in [-0.1, -0.05) is 51.4 Å². The second-order valence-electron chi connectivity index (χ2n) is 13.7. The molecule has 0 aromatic heterocycles. The number of amides is 1. The molecule has 2 heterocycles. The number of hydrogen-bond donors (Lipinski definition) is 2. The molecule has 3 rings (SSSR count). The molecule has 10 heteroatoms. The first-order chi connectivity index (χ1) is 21.2. The highest BCUT2D eigenvalue weighted by Gasteiger charge is 2.46. The summed E-state index contributed by atoms with van der Waals surface area (Å²) in [6, 6.07) is 4.00. The van der Waals surface area contributed by atoms with E-state index in [1.54, 1.807) is 6.08 Å². The van der Waals surface area contributed by atoms with E-state index in [2.05, 4.69) is 10.6 Å². The zero-order valence-corrected chi connectivity index (χ0v) is 29.3. The molecule has 2 aliphatic rings. The van der Waals surface area contributed by atoms with Gasteiger partial charge in [0.25, 0.3) is 5.91 Å². The van der Waals surface area contributed by atoms with Crippen LogP contribution in [0.2, 0.25) is 0 Å². The fourth-order valence-electron chi connectivity index (χ4n) is 6.14. The lowest BCUT2D eigenvalue weighted by Crippen LogP contribution is -2.50. The number of carbonyl (C=O) groups excluding carboxylic acids is 2. The van der Waals surface area contributed by atoms with Gasteiger partial charge >= 0.3 is 5.97 Å². The van der Waals surface area contributed by atoms with Crippen molar-refractivity contribution in [3.05, 3.63) is 34.2 Å². The Morgan fingerprint density at radius 1 is 0.978 bits per heavy atom. The van der Waals surface area contributed by atoms with Gasteiger partial charge in [-0.3, -0.25) is 14.6 Å². The first-order valence-electron chi connectivity index (χ1n) is 16.8. The molecule has 1 aromatic carbocycles. The fourth-order valence-corrected chi connectivity index (χ4v) is 7.31. The van der Waals surface area contributed by atoms with Crippen molar-refractivity contribution < 1.29 is 22.7 Å². The molecular formula is C35H56N4O5S. The number of nitrogens with one attached hydrogen (secondary N) is 2. The molecule has 9 nitrogen and oxygen atoms in total. The molecule has 0 bridgehead atoms. The molecule has 45 heavy (non-hydrogen) atoms. The van der Waals surface area contributed by atoms with Crippen molar-refractivity contribution in [2.24, 2.45) is 4.99 Å². The lowest BCUT2D eigenvalue weighted by molar-refractivity contribution is -0.154. The highest BCUT2D eigenvalue weighted by atomic mass is 32.2. The molecule has 0 aliphatic carbocycles. The lowest BCUT2D eigenvalue weighted by atomic mass is 9.89. The normalized spacial score (nSPS) is 17.1. The molecule has 1 spiro atoms. The SMILES string of the molecule is CNc1cc(C)c(/C=C/S(=O)(=O)N2CCC3(CC2)N=C(CCCCCCCCCCCCC(=O)OC(C)(C)C)NC3=O)c(C)c1. The van der Waals surface area contributed by atoms with Gasteiger partial charge < -0.3 is 15.4 Å². The average molecular weight is 645 g/mol. The van der Waals surface area contributed by atoms with Crippen LogP contribution >= 0.6 is 0 Å². The first-order valence-corrected chi connectivity index (χ1v) is 18.3. The molecule has 1 aromatic rings. The zero-order valence-electron chi connectivity index (χ0n) is 28.5. The third-order valence-corrected chi connectivity index (χ3v) is 10.3. The molecule has 0 unspecified atom stereocenters. The Kier molecular flexibility index (Phi) is 13.7. The monoisotopic (exact) mass is 644 g/mol. The number of piperidine rings is 1. The van der Waals surface area contributed by atoms with E-state index in [0.717, 1.165) is 66.7 Å². The maximum Gasteiger partial charge on any atom is 0.306 e. The smallest absolute Gasteiger partial charge is 0.306 e. The number of amidine groups is 1. The van der Waals surface area contributed by atoms with Crippen molar-refractivity contribution in [1.29, 1.82) is 0 Å². The van der Waals surface area contributed by atoms with E-state index in [0.29, 0.717) is 19.3 Å². The summed E-state index contributed by atoms with van der Waals surface area (Å²) < 4.78 is 33.0. The summed E-state index contributed by atoms with van der Waals surface area (Å²) in [7, 11) is -1.75. The minimum absolute atomic E-state index is 0.0907. The largest absolute Gasteiger partial charge is 0.460 e. The van der Waals surface area contributed by atoms with Crippen LogP contribution in [0, 0.1) is 13.8 Å². The van der Waals surface area contributed by atoms with Gasteiger partial charge in [-0.15, -0.1) is 0 Å². The van der Waals surface area contributed by atoms with Crippen molar-refractivity contribution in [1.82, 2.24) is 9.62 Å². The Bertz CT molecular complexity index is 1300. The van der Waals surface area contributed by atoms with Crippen molar-refractivity contribution in [2.45, 2.75) is 136 Å². The van der Waals surface area contributed by atoms with E-state index in [4.69, 9.17) is 9.73 Å². The van der Waals surface area contributed by atoms with Crippen LogP contribution in [-0.4, -0.2) is 61.7 Å². The maximum atomic E-state index is 13.1. The number of ether oxygens (including phenoxy) is 1. The van der Waals surface area contributed by atoms with E-state index in [1.165, 1.54) is 41.8 Å². The second-order valence-corrected chi connectivity index (χ2v) is 15.5. The number of benzene rings is 1. The number of hydrogen-bond acceptors (Lipinski definition) is 7. The summed E-state index contributed by atoms with van der Waals surface area (Å²) in [6.07, 6.45) is 15.0. The van der Waals surface area contributed by atoms with Crippen molar-refractivity contribution in [3.63, 3.8) is 0 Å². The molecule has 0 saturated carbocycles. The van der Waals surface area contributed by atoms with E-state index in [9.17, 15) is 18.0 Å². The minimum atomic E-state index is -3.61. The van der Waals surface area contributed by atoms with E-state index in [1.807, 2.05) is 53.8 Å². The molecule has 2 N–H and O–H groups in total. The highest BCUT2D eigenvalue weighted by Crippen LogP contribution is 2.32. The Balaban J connectivity index is 1.31. The minimum Gasteiger partial charge on any atom is -0.460 e. The Hall–Kier alpha value is -2.72. The van der Waals surface area contributed by atoms with Crippen molar-refractivity contribution in [2.75, 3.05) is 25.5 Å². The third-order valence-electron chi connectivity index (χ3n) is 8.69. The van der Waals surface area contributed by atoms with Crippen LogP contribution in [0.25, 0.3) is 6.08 Å². The van der Waals surface area contributed by atoms with Gasteiger partial charge in [-0.2, -0.15) is 4.31 Å². The average Bonchev–Trinajstić information content (AvgIpc) is 3.25. The van der Waals surface area contributed by atoms with Crippen LogP contribution in [0.4, 0.5) is 5.69 Å². The standard InChI is InChI=1S/C35H56N4O5S/c1-27-25-29(36-6)26-28(2)30(27)19-24-45(42,43)39-22-20-35(21-23-39)33(41)37-31(38-35)17-15-13-11-9-7-8-10-12-14-16-18-32(40)44-34(3,4)5/h19,24-26,36H,7-18,20-23H2,1-6H3,(H,37,38,41)/b24-19+.